The number of hydrogen-bond acceptors (Lipinski definition) is 4. The van der Waals surface area contributed by atoms with Crippen LogP contribution >= 0.6 is 11.3 Å². The minimum absolute atomic E-state index is 0.0846. The Morgan fingerprint density at radius 1 is 1.35 bits per heavy atom. The number of fused-ring (bicyclic) bond motifs is 1. The van der Waals surface area contributed by atoms with Gasteiger partial charge in [-0.1, -0.05) is 24.3 Å². The summed E-state index contributed by atoms with van der Waals surface area (Å²) in [5.74, 6) is -0.237. The Morgan fingerprint density at radius 2 is 2.13 bits per heavy atom. The first kappa shape index (κ1) is 15.4. The normalized spacial score (nSPS) is 16.1. The predicted molar refractivity (Wildman–Crippen MR) is 90.8 cm³/mol. The molecule has 5 nitrogen and oxygen atoms in total. The van der Waals surface area contributed by atoms with Crippen molar-refractivity contribution in [1.29, 1.82) is 0 Å². The monoisotopic (exact) mass is 327 g/mol. The van der Waals surface area contributed by atoms with Crippen molar-refractivity contribution in [2.75, 3.05) is 5.32 Å². The summed E-state index contributed by atoms with van der Waals surface area (Å²) < 4.78 is 0. The third kappa shape index (κ3) is 3.32. The molecule has 0 bridgehead atoms. The molecule has 6 heteroatoms. The summed E-state index contributed by atoms with van der Waals surface area (Å²) in [5, 5.41) is 3.39. The van der Waals surface area contributed by atoms with Gasteiger partial charge in [0.1, 0.15) is 0 Å². The van der Waals surface area contributed by atoms with Crippen molar-refractivity contribution in [2.24, 2.45) is 0 Å². The number of anilines is 1. The molecule has 2 aromatic rings. The molecule has 0 spiro atoms. The molecule has 0 fully saturated rings. The van der Waals surface area contributed by atoms with Crippen molar-refractivity contribution in [1.82, 2.24) is 9.88 Å². The van der Waals surface area contributed by atoms with Crippen LogP contribution in [0.25, 0.3) is 6.08 Å². The zero-order chi connectivity index (χ0) is 16.4. The molecule has 3 rings (SSSR count). The maximum Gasteiger partial charge on any atom is 0.228 e. The Labute approximate surface area is 138 Å². The molecule has 0 saturated heterocycles. The standard InChI is InChI=1S/C17H17N3O2S/c1-11-10-18-17(23-11)19-16(22)9-15-14-6-4-3-5-13(14)7-8-20(15)12(2)21/h3-8,10,15H,9H2,1-2H3,(H,18,19,22). The molecular formula is C17H17N3O2S. The number of rotatable bonds is 3. The number of aryl methyl sites for hydroxylation is 1. The third-order valence-corrected chi connectivity index (χ3v) is 4.54. The van der Waals surface area contributed by atoms with Crippen molar-refractivity contribution in [3.63, 3.8) is 0 Å². The Balaban J connectivity index is 1.81. The topological polar surface area (TPSA) is 62.3 Å². The molecule has 1 aromatic heterocycles. The molecule has 1 aromatic carbocycles. The molecule has 1 unspecified atom stereocenters. The first-order chi connectivity index (χ1) is 11.0. The van der Waals surface area contributed by atoms with Crippen molar-refractivity contribution < 1.29 is 9.59 Å². The lowest BCUT2D eigenvalue weighted by atomic mass is 9.93. The van der Waals surface area contributed by atoms with Crippen LogP contribution in [0.3, 0.4) is 0 Å². The number of amides is 2. The molecule has 0 saturated carbocycles. The zero-order valence-electron chi connectivity index (χ0n) is 12.9. The lowest BCUT2D eigenvalue weighted by molar-refractivity contribution is -0.129. The molecule has 118 valence electrons. The van der Waals surface area contributed by atoms with Gasteiger partial charge in [-0.05, 0) is 24.1 Å². The number of nitrogens with one attached hydrogen (secondary N) is 1. The summed E-state index contributed by atoms with van der Waals surface area (Å²) in [7, 11) is 0. The maximum atomic E-state index is 12.4. The summed E-state index contributed by atoms with van der Waals surface area (Å²) >= 11 is 1.43. The highest BCUT2D eigenvalue weighted by molar-refractivity contribution is 7.15. The van der Waals surface area contributed by atoms with E-state index in [0.717, 1.165) is 16.0 Å². The molecule has 0 aliphatic carbocycles. The van der Waals surface area contributed by atoms with Gasteiger partial charge in [0, 0.05) is 24.2 Å². The quantitative estimate of drug-likeness (QED) is 0.940. The van der Waals surface area contributed by atoms with E-state index in [1.165, 1.54) is 18.3 Å². The molecule has 23 heavy (non-hydrogen) atoms. The fraction of sp³-hybridized carbons (Fsp3) is 0.235. The fourth-order valence-corrected chi connectivity index (χ4v) is 3.35. The number of aromatic nitrogens is 1. The van der Waals surface area contributed by atoms with Crippen LogP contribution in [0, 0.1) is 6.92 Å². The average Bonchev–Trinajstić information content (AvgIpc) is 2.92. The van der Waals surface area contributed by atoms with Crippen LogP contribution in [0.4, 0.5) is 5.13 Å². The summed E-state index contributed by atoms with van der Waals surface area (Å²) in [4.78, 5) is 31.0. The second-order valence-corrected chi connectivity index (χ2v) is 6.65. The summed E-state index contributed by atoms with van der Waals surface area (Å²) in [6.07, 6.45) is 5.56. The number of thiazole rings is 1. The number of nitrogens with zero attached hydrogens (tertiary/aromatic N) is 2. The highest BCUT2D eigenvalue weighted by Gasteiger charge is 2.28. The van der Waals surface area contributed by atoms with E-state index in [-0.39, 0.29) is 24.3 Å². The van der Waals surface area contributed by atoms with Crippen LogP contribution in [0.15, 0.2) is 36.7 Å². The van der Waals surface area contributed by atoms with Crippen LogP contribution in [-0.4, -0.2) is 21.7 Å². The Bertz CT molecular complexity index is 782. The van der Waals surface area contributed by atoms with E-state index in [1.807, 2.05) is 37.3 Å². The van der Waals surface area contributed by atoms with Crippen molar-refractivity contribution in [2.45, 2.75) is 26.3 Å². The zero-order valence-corrected chi connectivity index (χ0v) is 13.8. The lowest BCUT2D eigenvalue weighted by Gasteiger charge is -2.32. The highest BCUT2D eigenvalue weighted by atomic mass is 32.1. The van der Waals surface area contributed by atoms with Crippen molar-refractivity contribution >= 4 is 34.4 Å². The maximum absolute atomic E-state index is 12.4. The minimum Gasteiger partial charge on any atom is -0.311 e. The predicted octanol–water partition coefficient (Wildman–Crippen LogP) is 3.35. The van der Waals surface area contributed by atoms with E-state index in [4.69, 9.17) is 0 Å². The van der Waals surface area contributed by atoms with Gasteiger partial charge in [0.25, 0.3) is 0 Å². The largest absolute Gasteiger partial charge is 0.311 e. The molecule has 1 atom stereocenters. The number of carbonyl (C=O) groups excluding carboxylic acids is 2. The van der Waals surface area contributed by atoms with Gasteiger partial charge >= 0.3 is 0 Å². The summed E-state index contributed by atoms with van der Waals surface area (Å²) in [5.41, 5.74) is 2.02. The van der Waals surface area contributed by atoms with Gasteiger partial charge in [-0.25, -0.2) is 4.98 Å². The Hall–Kier alpha value is -2.47. The molecule has 1 aliphatic heterocycles. The molecule has 1 aliphatic rings. The van der Waals surface area contributed by atoms with Crippen molar-refractivity contribution in [3.8, 4) is 0 Å². The Kier molecular flexibility index (Phi) is 4.25. The van der Waals surface area contributed by atoms with Gasteiger partial charge in [-0.2, -0.15) is 0 Å². The smallest absolute Gasteiger partial charge is 0.228 e. The van der Waals surface area contributed by atoms with Gasteiger partial charge < -0.3 is 10.2 Å². The van der Waals surface area contributed by atoms with E-state index in [2.05, 4.69) is 10.3 Å². The van der Waals surface area contributed by atoms with Crippen LogP contribution in [0.5, 0.6) is 0 Å². The van der Waals surface area contributed by atoms with Gasteiger partial charge in [0.15, 0.2) is 5.13 Å². The highest BCUT2D eigenvalue weighted by Crippen LogP contribution is 2.33. The fourth-order valence-electron chi connectivity index (χ4n) is 2.67. The van der Waals surface area contributed by atoms with Gasteiger partial charge in [-0.15, -0.1) is 11.3 Å². The van der Waals surface area contributed by atoms with E-state index in [1.54, 1.807) is 17.3 Å². The summed E-state index contributed by atoms with van der Waals surface area (Å²) in [6, 6.07) is 7.52. The number of benzene rings is 1. The van der Waals surface area contributed by atoms with Crippen LogP contribution in [-0.2, 0) is 9.59 Å². The molecular weight excluding hydrogens is 310 g/mol. The van der Waals surface area contributed by atoms with Crippen LogP contribution < -0.4 is 5.32 Å². The molecule has 1 N–H and O–H groups in total. The van der Waals surface area contributed by atoms with Crippen LogP contribution in [0.1, 0.15) is 35.4 Å². The van der Waals surface area contributed by atoms with E-state index in [0.29, 0.717) is 5.13 Å². The second-order valence-electron chi connectivity index (χ2n) is 5.42. The summed E-state index contributed by atoms with van der Waals surface area (Å²) in [6.45, 7) is 3.44. The lowest BCUT2D eigenvalue weighted by Crippen LogP contribution is -2.33. The first-order valence-corrected chi connectivity index (χ1v) is 8.14. The average molecular weight is 327 g/mol. The van der Waals surface area contributed by atoms with E-state index < -0.39 is 0 Å². The Morgan fingerprint density at radius 3 is 2.83 bits per heavy atom. The van der Waals surface area contributed by atoms with Crippen molar-refractivity contribution in [3.05, 3.63) is 52.7 Å². The van der Waals surface area contributed by atoms with Gasteiger partial charge in [0.05, 0.1) is 12.5 Å². The van der Waals surface area contributed by atoms with Gasteiger partial charge in [0.2, 0.25) is 11.8 Å². The van der Waals surface area contributed by atoms with Crippen LogP contribution in [0.2, 0.25) is 0 Å². The SMILES string of the molecule is CC(=O)N1C=Cc2ccccc2C1CC(=O)Nc1ncc(C)s1. The third-order valence-electron chi connectivity index (χ3n) is 3.72. The second kappa shape index (κ2) is 6.34. The first-order valence-electron chi connectivity index (χ1n) is 7.33. The van der Waals surface area contributed by atoms with E-state index in [9.17, 15) is 9.59 Å². The minimum atomic E-state index is -0.297. The van der Waals surface area contributed by atoms with E-state index >= 15 is 0 Å². The number of hydrogen-bond donors (Lipinski definition) is 1. The molecule has 0 radical (unpaired) electrons. The molecule has 2 amide bonds. The molecule has 2 heterocycles. The number of carbonyl (C=O) groups is 2. The van der Waals surface area contributed by atoms with Gasteiger partial charge in [-0.3, -0.25) is 9.59 Å².